The van der Waals surface area contributed by atoms with Crippen molar-refractivity contribution in [3.8, 4) is 5.75 Å². The minimum absolute atomic E-state index is 0.0429. The Balaban J connectivity index is 1.59. The van der Waals surface area contributed by atoms with E-state index in [1.165, 1.54) is 12.8 Å². The summed E-state index contributed by atoms with van der Waals surface area (Å²) >= 11 is 0. The molecule has 1 aliphatic heterocycles. The van der Waals surface area contributed by atoms with E-state index in [-0.39, 0.29) is 12.0 Å². The molecule has 2 aliphatic rings. The van der Waals surface area contributed by atoms with Crippen LogP contribution in [0.5, 0.6) is 5.75 Å². The second-order valence-electron chi connectivity index (χ2n) is 6.16. The lowest BCUT2D eigenvalue weighted by atomic mass is 10.2. The number of carbonyl (C=O) groups is 1. The fraction of sp³-hybridized carbons (Fsp3) is 0.500. The van der Waals surface area contributed by atoms with Gasteiger partial charge in [-0.15, -0.1) is 0 Å². The van der Waals surface area contributed by atoms with Crippen molar-refractivity contribution < 1.29 is 14.6 Å². The molecule has 1 N–H and O–H groups in total. The van der Waals surface area contributed by atoms with Gasteiger partial charge in [-0.25, -0.2) is 0 Å². The van der Waals surface area contributed by atoms with Gasteiger partial charge >= 0.3 is 0 Å². The number of hydrogen-bond donors (Lipinski definition) is 1. The summed E-state index contributed by atoms with van der Waals surface area (Å²) in [6.45, 7) is 1.07. The first-order valence-corrected chi connectivity index (χ1v) is 8.12. The van der Waals surface area contributed by atoms with Gasteiger partial charge in [0, 0.05) is 19.2 Å². The van der Waals surface area contributed by atoms with Gasteiger partial charge < -0.3 is 14.7 Å². The molecule has 1 aromatic rings. The van der Waals surface area contributed by atoms with Crippen molar-refractivity contribution in [2.45, 2.75) is 44.3 Å². The van der Waals surface area contributed by atoms with Crippen molar-refractivity contribution in [3.05, 3.63) is 35.9 Å². The van der Waals surface area contributed by atoms with Crippen LogP contribution in [-0.2, 0) is 4.79 Å². The van der Waals surface area contributed by atoms with Crippen LogP contribution in [0, 0.1) is 0 Å². The highest BCUT2D eigenvalue weighted by Crippen LogP contribution is 2.24. The first-order chi connectivity index (χ1) is 10.7. The number of β-amino-alcohol motifs (C(OH)–C–C–N with tert-alkyl or cyclic N) is 1. The fourth-order valence-electron chi connectivity index (χ4n) is 3.11. The molecule has 1 aliphatic carbocycles. The summed E-state index contributed by atoms with van der Waals surface area (Å²) in [5.74, 6) is 0.830. The van der Waals surface area contributed by atoms with Crippen LogP contribution in [-0.4, -0.2) is 41.2 Å². The molecule has 1 atom stereocenters. The minimum Gasteiger partial charge on any atom is -0.490 e. The SMILES string of the molecule is O=C(C=Cc1cccc(OC2CCCC2)c1)N1CC[C@@H](O)C1. The van der Waals surface area contributed by atoms with E-state index in [9.17, 15) is 9.90 Å². The Kier molecular flexibility index (Phi) is 4.78. The Morgan fingerprint density at radius 2 is 2.09 bits per heavy atom. The van der Waals surface area contributed by atoms with Gasteiger partial charge in [-0.2, -0.15) is 0 Å². The fourth-order valence-corrected chi connectivity index (χ4v) is 3.11. The predicted molar refractivity (Wildman–Crippen MR) is 85.6 cm³/mol. The largest absolute Gasteiger partial charge is 0.490 e. The minimum atomic E-state index is -0.375. The van der Waals surface area contributed by atoms with Gasteiger partial charge in [-0.1, -0.05) is 12.1 Å². The molecule has 0 spiro atoms. The van der Waals surface area contributed by atoms with Crippen molar-refractivity contribution >= 4 is 12.0 Å². The van der Waals surface area contributed by atoms with E-state index in [0.717, 1.165) is 24.2 Å². The lowest BCUT2D eigenvalue weighted by Crippen LogP contribution is -2.27. The zero-order valence-corrected chi connectivity index (χ0v) is 12.8. The van der Waals surface area contributed by atoms with E-state index in [0.29, 0.717) is 25.6 Å². The molecule has 0 bridgehead atoms. The van der Waals surface area contributed by atoms with E-state index >= 15 is 0 Å². The summed E-state index contributed by atoms with van der Waals surface area (Å²) < 4.78 is 5.97. The zero-order chi connectivity index (χ0) is 15.4. The standard InChI is InChI=1S/C18H23NO3/c20-15-10-11-19(13-15)18(21)9-8-14-4-3-7-17(12-14)22-16-5-1-2-6-16/h3-4,7-9,12,15-16,20H,1-2,5-6,10-11,13H2/t15-/m1/s1. The lowest BCUT2D eigenvalue weighted by Gasteiger charge is -2.13. The van der Waals surface area contributed by atoms with Crippen LogP contribution >= 0.6 is 0 Å². The number of carbonyl (C=O) groups excluding carboxylic acids is 1. The first kappa shape index (κ1) is 15.1. The number of rotatable bonds is 4. The number of amides is 1. The summed E-state index contributed by atoms with van der Waals surface area (Å²) in [4.78, 5) is 13.7. The average Bonchev–Trinajstić information content (AvgIpc) is 3.17. The second kappa shape index (κ2) is 6.97. The molecule has 3 rings (SSSR count). The van der Waals surface area contributed by atoms with Crippen molar-refractivity contribution in [1.82, 2.24) is 4.90 Å². The lowest BCUT2D eigenvalue weighted by molar-refractivity contribution is -0.125. The number of benzene rings is 1. The summed E-state index contributed by atoms with van der Waals surface area (Å²) in [5, 5.41) is 9.47. The van der Waals surface area contributed by atoms with E-state index in [4.69, 9.17) is 4.74 Å². The maximum absolute atomic E-state index is 12.0. The topological polar surface area (TPSA) is 49.8 Å². The van der Waals surface area contributed by atoms with E-state index in [1.807, 2.05) is 30.3 Å². The van der Waals surface area contributed by atoms with Crippen LogP contribution < -0.4 is 4.74 Å². The van der Waals surface area contributed by atoms with Gasteiger partial charge in [0.15, 0.2) is 0 Å². The van der Waals surface area contributed by atoms with Crippen LogP contribution in [0.4, 0.5) is 0 Å². The number of aliphatic hydroxyl groups excluding tert-OH is 1. The molecule has 1 amide bonds. The number of hydrogen-bond acceptors (Lipinski definition) is 3. The van der Waals surface area contributed by atoms with Gasteiger partial charge in [0.25, 0.3) is 0 Å². The molecule has 22 heavy (non-hydrogen) atoms. The predicted octanol–water partition coefficient (Wildman–Crippen LogP) is 2.61. The van der Waals surface area contributed by atoms with E-state index in [2.05, 4.69) is 0 Å². The molecule has 4 nitrogen and oxygen atoms in total. The molecule has 1 saturated heterocycles. The molecule has 4 heteroatoms. The smallest absolute Gasteiger partial charge is 0.246 e. The summed E-state index contributed by atoms with van der Waals surface area (Å²) in [7, 11) is 0. The van der Waals surface area contributed by atoms with E-state index in [1.54, 1.807) is 11.0 Å². The molecular formula is C18H23NO3. The second-order valence-corrected chi connectivity index (χ2v) is 6.16. The third-order valence-electron chi connectivity index (χ3n) is 4.36. The van der Waals surface area contributed by atoms with Crippen molar-refractivity contribution in [2.75, 3.05) is 13.1 Å². The first-order valence-electron chi connectivity index (χ1n) is 8.12. The third kappa shape index (κ3) is 3.89. The molecular weight excluding hydrogens is 278 g/mol. The quantitative estimate of drug-likeness (QED) is 0.870. The van der Waals surface area contributed by atoms with E-state index < -0.39 is 0 Å². The highest BCUT2D eigenvalue weighted by Gasteiger charge is 2.22. The Morgan fingerprint density at radius 1 is 1.27 bits per heavy atom. The van der Waals surface area contributed by atoms with Crippen molar-refractivity contribution in [1.29, 1.82) is 0 Å². The highest BCUT2D eigenvalue weighted by atomic mass is 16.5. The third-order valence-corrected chi connectivity index (χ3v) is 4.36. The van der Waals surface area contributed by atoms with Gasteiger partial charge in [0.2, 0.25) is 5.91 Å². The van der Waals surface area contributed by atoms with Crippen LogP contribution in [0.25, 0.3) is 6.08 Å². The average molecular weight is 301 g/mol. The van der Waals surface area contributed by atoms with Gasteiger partial charge in [-0.05, 0) is 55.9 Å². The Morgan fingerprint density at radius 3 is 2.82 bits per heavy atom. The maximum atomic E-state index is 12.0. The van der Waals surface area contributed by atoms with Gasteiger partial charge in [-0.3, -0.25) is 4.79 Å². The summed E-state index contributed by atoms with van der Waals surface area (Å²) in [5.41, 5.74) is 0.962. The number of likely N-dealkylation sites (tertiary alicyclic amines) is 1. The van der Waals surface area contributed by atoms with Crippen molar-refractivity contribution in [2.24, 2.45) is 0 Å². The van der Waals surface area contributed by atoms with Gasteiger partial charge in [0.1, 0.15) is 5.75 Å². The van der Waals surface area contributed by atoms with Crippen LogP contribution in [0.3, 0.4) is 0 Å². The molecule has 0 radical (unpaired) electrons. The molecule has 118 valence electrons. The number of nitrogens with zero attached hydrogens (tertiary/aromatic N) is 1. The number of ether oxygens (including phenoxy) is 1. The highest BCUT2D eigenvalue weighted by molar-refractivity contribution is 5.92. The Hall–Kier alpha value is -1.81. The van der Waals surface area contributed by atoms with Gasteiger partial charge in [0.05, 0.1) is 12.2 Å². The summed E-state index contributed by atoms with van der Waals surface area (Å²) in [6, 6.07) is 7.85. The monoisotopic (exact) mass is 301 g/mol. The van der Waals surface area contributed by atoms with Crippen molar-refractivity contribution in [3.63, 3.8) is 0 Å². The van der Waals surface area contributed by atoms with Crippen LogP contribution in [0.1, 0.15) is 37.7 Å². The molecule has 1 aromatic carbocycles. The normalized spacial score (nSPS) is 22.6. The Bertz CT molecular complexity index is 549. The number of aliphatic hydroxyl groups is 1. The summed E-state index contributed by atoms with van der Waals surface area (Å²) in [6.07, 6.45) is 8.80. The molecule has 1 saturated carbocycles. The maximum Gasteiger partial charge on any atom is 0.246 e. The Labute approximate surface area is 131 Å². The molecule has 0 aromatic heterocycles. The van der Waals surface area contributed by atoms with Crippen LogP contribution in [0.15, 0.2) is 30.3 Å². The molecule has 2 fully saturated rings. The molecule has 0 unspecified atom stereocenters. The van der Waals surface area contributed by atoms with Crippen LogP contribution in [0.2, 0.25) is 0 Å². The zero-order valence-electron chi connectivity index (χ0n) is 12.8. The molecule has 1 heterocycles.